The number of nitrogens with zero attached hydrogens (tertiary/aromatic N) is 3. The van der Waals surface area contributed by atoms with Crippen molar-refractivity contribution in [1.82, 2.24) is 20.1 Å². The maximum atomic E-state index is 4.27. The van der Waals surface area contributed by atoms with Gasteiger partial charge in [-0.25, -0.2) is 0 Å². The van der Waals surface area contributed by atoms with Crippen LogP contribution in [-0.4, -0.2) is 27.9 Å². The van der Waals surface area contributed by atoms with Gasteiger partial charge in [-0.1, -0.05) is 30.3 Å². The Balaban J connectivity index is 1.81. The van der Waals surface area contributed by atoms with Gasteiger partial charge in [-0.2, -0.15) is 0 Å². The smallest absolute Gasteiger partial charge is 0.133 e. The molecule has 4 nitrogen and oxygen atoms in total. The minimum atomic E-state index is 0.296. The van der Waals surface area contributed by atoms with Crippen LogP contribution in [0.5, 0.6) is 0 Å². The molecule has 0 saturated carbocycles. The first-order chi connectivity index (χ1) is 8.84. The minimum absolute atomic E-state index is 0.296. The lowest BCUT2D eigenvalue weighted by molar-refractivity contribution is 0.335. The summed E-state index contributed by atoms with van der Waals surface area (Å²) in [6.45, 7) is 4.40. The molecule has 1 unspecified atom stereocenters. The third kappa shape index (κ3) is 2.16. The topological polar surface area (TPSA) is 42.7 Å². The zero-order valence-electron chi connectivity index (χ0n) is 10.6. The van der Waals surface area contributed by atoms with E-state index in [0.29, 0.717) is 6.04 Å². The van der Waals surface area contributed by atoms with Gasteiger partial charge >= 0.3 is 0 Å². The molecule has 0 amide bonds. The number of nitrogens with one attached hydrogen (secondary N) is 1. The maximum absolute atomic E-state index is 4.27. The molecule has 4 heteroatoms. The molecule has 18 heavy (non-hydrogen) atoms. The molecular formula is C14H18N4. The van der Waals surface area contributed by atoms with E-state index < -0.39 is 0 Å². The van der Waals surface area contributed by atoms with Crippen LogP contribution in [0.2, 0.25) is 0 Å². The van der Waals surface area contributed by atoms with E-state index in [1.54, 1.807) is 0 Å². The Labute approximate surface area is 107 Å². The molecule has 0 bridgehead atoms. The number of rotatable bonds is 4. The maximum Gasteiger partial charge on any atom is 0.133 e. The van der Waals surface area contributed by atoms with Gasteiger partial charge in [-0.05, 0) is 31.5 Å². The second-order valence-corrected chi connectivity index (χ2v) is 4.97. The molecular weight excluding hydrogens is 224 g/mol. The van der Waals surface area contributed by atoms with Crippen molar-refractivity contribution in [3.05, 3.63) is 48.0 Å². The number of hydrogen-bond acceptors (Lipinski definition) is 3. The van der Waals surface area contributed by atoms with Crippen molar-refractivity contribution in [1.29, 1.82) is 0 Å². The van der Waals surface area contributed by atoms with Crippen molar-refractivity contribution in [2.24, 2.45) is 5.92 Å². The Morgan fingerprint density at radius 3 is 2.78 bits per heavy atom. The lowest BCUT2D eigenvalue weighted by atomic mass is 9.98. The summed E-state index contributed by atoms with van der Waals surface area (Å²) >= 11 is 0. The summed E-state index contributed by atoms with van der Waals surface area (Å²) in [5, 5.41) is 11.6. The summed E-state index contributed by atoms with van der Waals surface area (Å²) in [7, 11) is 0. The predicted molar refractivity (Wildman–Crippen MR) is 70.3 cm³/mol. The predicted octanol–water partition coefficient (Wildman–Crippen LogP) is 1.65. The summed E-state index contributed by atoms with van der Waals surface area (Å²) in [5.41, 5.74) is 1.30. The largest absolute Gasteiger partial charge is 0.316 e. The van der Waals surface area contributed by atoms with Crippen LogP contribution in [0.15, 0.2) is 36.7 Å². The Hall–Kier alpha value is -1.68. The fourth-order valence-electron chi connectivity index (χ4n) is 2.38. The third-order valence-electron chi connectivity index (χ3n) is 3.68. The highest BCUT2D eigenvalue weighted by molar-refractivity contribution is 5.19. The first-order valence-corrected chi connectivity index (χ1v) is 6.48. The second-order valence-electron chi connectivity index (χ2n) is 4.97. The molecule has 0 aliphatic carbocycles. The second kappa shape index (κ2) is 4.90. The van der Waals surface area contributed by atoms with E-state index in [1.165, 1.54) is 5.56 Å². The van der Waals surface area contributed by atoms with Crippen LogP contribution < -0.4 is 5.32 Å². The molecule has 1 saturated heterocycles. The van der Waals surface area contributed by atoms with E-state index in [2.05, 4.69) is 51.3 Å². The summed E-state index contributed by atoms with van der Waals surface area (Å²) in [6, 6.07) is 10.8. The Bertz CT molecular complexity index is 502. The first kappa shape index (κ1) is 11.4. The molecule has 1 fully saturated rings. The van der Waals surface area contributed by atoms with E-state index >= 15 is 0 Å². The molecule has 1 aromatic carbocycles. The van der Waals surface area contributed by atoms with Gasteiger partial charge in [0.2, 0.25) is 0 Å². The highest BCUT2D eigenvalue weighted by Gasteiger charge is 2.21. The summed E-state index contributed by atoms with van der Waals surface area (Å²) < 4.78 is 2.19. The van der Waals surface area contributed by atoms with Crippen molar-refractivity contribution in [2.75, 3.05) is 13.1 Å². The summed E-state index contributed by atoms with van der Waals surface area (Å²) in [4.78, 5) is 0. The lowest BCUT2D eigenvalue weighted by Crippen LogP contribution is -2.43. The van der Waals surface area contributed by atoms with E-state index in [0.717, 1.165) is 31.3 Å². The van der Waals surface area contributed by atoms with Crippen molar-refractivity contribution in [2.45, 2.75) is 19.4 Å². The number of hydrogen-bond donors (Lipinski definition) is 1. The Morgan fingerprint density at radius 2 is 2.11 bits per heavy atom. The molecule has 3 rings (SSSR count). The van der Waals surface area contributed by atoms with Gasteiger partial charge in [-0.3, -0.25) is 0 Å². The molecule has 0 spiro atoms. The van der Waals surface area contributed by atoms with Gasteiger partial charge in [0.05, 0.1) is 6.04 Å². The first-order valence-electron chi connectivity index (χ1n) is 6.48. The molecule has 1 aliphatic heterocycles. The van der Waals surface area contributed by atoms with Crippen LogP contribution >= 0.6 is 0 Å². The minimum Gasteiger partial charge on any atom is -0.316 e. The molecule has 1 aliphatic rings. The van der Waals surface area contributed by atoms with Gasteiger partial charge < -0.3 is 9.88 Å². The fourth-order valence-corrected chi connectivity index (χ4v) is 2.38. The zero-order chi connectivity index (χ0) is 12.4. The highest BCUT2D eigenvalue weighted by Crippen LogP contribution is 2.20. The van der Waals surface area contributed by atoms with Gasteiger partial charge in [0.25, 0.3) is 0 Å². The van der Waals surface area contributed by atoms with Gasteiger partial charge in [-0.15, -0.1) is 10.2 Å². The summed E-state index contributed by atoms with van der Waals surface area (Å²) in [6.07, 6.45) is 2.86. The van der Waals surface area contributed by atoms with Crippen molar-refractivity contribution in [3.63, 3.8) is 0 Å². The molecule has 2 aromatic rings. The molecule has 2 heterocycles. The van der Waals surface area contributed by atoms with Crippen LogP contribution in [0.25, 0.3) is 0 Å². The van der Waals surface area contributed by atoms with Crippen molar-refractivity contribution < 1.29 is 0 Å². The van der Waals surface area contributed by atoms with E-state index in [4.69, 9.17) is 0 Å². The standard InChI is InChI=1S/C14H18N4/c1-11(13-5-3-2-4-6-13)18-10-16-17-14(18)7-12-8-15-9-12/h2-6,10-12,15H,7-9H2,1H3. The molecule has 1 atom stereocenters. The van der Waals surface area contributed by atoms with Crippen LogP contribution in [0.1, 0.15) is 24.4 Å². The zero-order valence-corrected chi connectivity index (χ0v) is 10.6. The van der Waals surface area contributed by atoms with Crippen LogP contribution in [0, 0.1) is 5.92 Å². The SMILES string of the molecule is CC(c1ccccc1)n1cnnc1CC1CNC1. The van der Waals surface area contributed by atoms with Gasteiger partial charge in [0, 0.05) is 6.42 Å². The number of aromatic nitrogens is 3. The van der Waals surface area contributed by atoms with Crippen LogP contribution in [0.4, 0.5) is 0 Å². The average Bonchev–Trinajstić information content (AvgIpc) is 2.82. The molecule has 0 radical (unpaired) electrons. The quantitative estimate of drug-likeness (QED) is 0.886. The van der Waals surface area contributed by atoms with E-state index in [9.17, 15) is 0 Å². The monoisotopic (exact) mass is 242 g/mol. The third-order valence-corrected chi connectivity index (χ3v) is 3.68. The highest BCUT2D eigenvalue weighted by atomic mass is 15.3. The normalized spacial score (nSPS) is 17.4. The molecule has 1 aromatic heterocycles. The van der Waals surface area contributed by atoms with Crippen molar-refractivity contribution in [3.8, 4) is 0 Å². The summed E-state index contributed by atoms with van der Waals surface area (Å²) in [5.74, 6) is 1.81. The fraction of sp³-hybridized carbons (Fsp3) is 0.429. The van der Waals surface area contributed by atoms with Crippen LogP contribution in [0.3, 0.4) is 0 Å². The number of benzene rings is 1. The van der Waals surface area contributed by atoms with Crippen molar-refractivity contribution >= 4 is 0 Å². The van der Waals surface area contributed by atoms with Crippen LogP contribution in [-0.2, 0) is 6.42 Å². The Morgan fingerprint density at radius 1 is 1.33 bits per heavy atom. The molecule has 1 N–H and O–H groups in total. The van der Waals surface area contributed by atoms with E-state index in [1.807, 2.05) is 12.4 Å². The van der Waals surface area contributed by atoms with Gasteiger partial charge in [0.1, 0.15) is 12.2 Å². The Kier molecular flexibility index (Phi) is 3.11. The van der Waals surface area contributed by atoms with Gasteiger partial charge in [0.15, 0.2) is 0 Å². The lowest BCUT2D eigenvalue weighted by Gasteiger charge is -2.27. The molecule has 94 valence electrons. The average molecular weight is 242 g/mol. The van der Waals surface area contributed by atoms with E-state index in [-0.39, 0.29) is 0 Å².